The zero-order valence-electron chi connectivity index (χ0n) is 12.5. The quantitative estimate of drug-likeness (QED) is 0.647. The Labute approximate surface area is 135 Å². The second kappa shape index (κ2) is 6.69. The van der Waals surface area contributed by atoms with Crippen molar-refractivity contribution in [2.45, 2.75) is 38.3 Å². The van der Waals surface area contributed by atoms with Gasteiger partial charge in [-0.25, -0.2) is 0 Å². The number of hydrogen-bond donors (Lipinski definition) is 2. The molecule has 1 aliphatic carbocycles. The Morgan fingerprint density at radius 2 is 1.90 bits per heavy atom. The molecule has 5 heteroatoms. The lowest BCUT2D eigenvalue weighted by Gasteiger charge is -2.20. The lowest BCUT2D eigenvalue weighted by atomic mass is 10.3. The van der Waals surface area contributed by atoms with Crippen molar-refractivity contribution >= 4 is 27.6 Å². The van der Waals surface area contributed by atoms with Crippen molar-refractivity contribution in [3.8, 4) is 0 Å². The van der Waals surface area contributed by atoms with Gasteiger partial charge in [-0.15, -0.1) is 0 Å². The Hall–Kier alpha value is -1.23. The van der Waals surface area contributed by atoms with E-state index in [2.05, 4.69) is 67.6 Å². The third-order valence-electron chi connectivity index (χ3n) is 3.96. The first-order valence-corrected chi connectivity index (χ1v) is 8.62. The number of rotatable bonds is 4. The molecule has 4 nitrogen and oxygen atoms in total. The Kier molecular flexibility index (Phi) is 4.68. The van der Waals surface area contributed by atoms with Crippen molar-refractivity contribution in [2.24, 2.45) is 4.99 Å². The highest BCUT2D eigenvalue weighted by Gasteiger charge is 2.26. The summed E-state index contributed by atoms with van der Waals surface area (Å²) >= 11 is 3.49. The van der Waals surface area contributed by atoms with Crippen LogP contribution < -0.4 is 15.5 Å². The number of nitrogens with zero attached hydrogens (tertiary/aromatic N) is 2. The maximum Gasteiger partial charge on any atom is 0.191 e. The second-order valence-electron chi connectivity index (χ2n) is 5.79. The fourth-order valence-corrected chi connectivity index (χ4v) is 2.93. The number of guanidine groups is 1. The number of nitrogens with one attached hydrogen (secondary N) is 2. The maximum absolute atomic E-state index is 4.55. The summed E-state index contributed by atoms with van der Waals surface area (Å²) in [5.74, 6) is 0.989. The molecule has 114 valence electrons. The molecule has 0 radical (unpaired) electrons. The van der Waals surface area contributed by atoms with Gasteiger partial charge in [-0.3, -0.25) is 4.99 Å². The monoisotopic (exact) mass is 350 g/mol. The largest absolute Gasteiger partial charge is 0.369 e. The number of halogens is 1. The number of benzene rings is 1. The van der Waals surface area contributed by atoms with Crippen LogP contribution in [0.15, 0.2) is 33.7 Å². The summed E-state index contributed by atoms with van der Waals surface area (Å²) < 4.78 is 1.13. The van der Waals surface area contributed by atoms with E-state index < -0.39 is 0 Å². The summed E-state index contributed by atoms with van der Waals surface area (Å²) in [7, 11) is 0. The van der Waals surface area contributed by atoms with Gasteiger partial charge in [-0.05, 0) is 50.5 Å². The van der Waals surface area contributed by atoms with Gasteiger partial charge in [0.25, 0.3) is 0 Å². The standard InChI is InChI=1S/C16H23BrN4/c1-2-18-16(19-13-5-6-13)20-14-9-10-21(11-14)15-7-3-12(17)4-8-15/h3-4,7-8,13-14H,2,5-6,9-11H2,1H3,(H2,18,19,20). The number of aliphatic imine (C=N–C) groups is 1. The molecule has 2 aliphatic rings. The third kappa shape index (κ3) is 4.13. The van der Waals surface area contributed by atoms with E-state index in [-0.39, 0.29) is 0 Å². The lowest BCUT2D eigenvalue weighted by molar-refractivity contribution is 0.646. The fourth-order valence-electron chi connectivity index (χ4n) is 2.67. The van der Waals surface area contributed by atoms with Gasteiger partial charge in [-0.1, -0.05) is 15.9 Å². The third-order valence-corrected chi connectivity index (χ3v) is 4.48. The fraction of sp³-hybridized carbons (Fsp3) is 0.562. The molecule has 1 unspecified atom stereocenters. The van der Waals surface area contributed by atoms with E-state index in [9.17, 15) is 0 Å². The molecule has 1 aliphatic heterocycles. The Bertz CT molecular complexity index is 496. The van der Waals surface area contributed by atoms with Crippen molar-refractivity contribution in [1.29, 1.82) is 0 Å². The molecule has 2 fully saturated rings. The first kappa shape index (κ1) is 14.7. The van der Waals surface area contributed by atoms with Crippen molar-refractivity contribution < 1.29 is 0 Å². The second-order valence-corrected chi connectivity index (χ2v) is 6.71. The van der Waals surface area contributed by atoms with E-state index in [1.807, 2.05) is 0 Å². The molecule has 3 rings (SSSR count). The minimum atomic E-state index is 0.477. The van der Waals surface area contributed by atoms with Crippen LogP contribution in [0.3, 0.4) is 0 Å². The maximum atomic E-state index is 4.55. The van der Waals surface area contributed by atoms with Gasteiger partial charge < -0.3 is 15.5 Å². The predicted molar refractivity (Wildman–Crippen MR) is 92.0 cm³/mol. The van der Waals surface area contributed by atoms with Crippen LogP contribution in [0, 0.1) is 0 Å². The van der Waals surface area contributed by atoms with Gasteiger partial charge in [0.15, 0.2) is 5.96 Å². The molecule has 1 atom stereocenters. The molecule has 1 saturated carbocycles. The summed E-state index contributed by atoms with van der Waals surface area (Å²) in [6, 6.07) is 9.69. The van der Waals surface area contributed by atoms with Gasteiger partial charge >= 0.3 is 0 Å². The molecule has 1 aromatic rings. The summed E-state index contributed by atoms with van der Waals surface area (Å²) in [5.41, 5.74) is 1.30. The molecule has 21 heavy (non-hydrogen) atoms. The molecule has 0 aromatic heterocycles. The SMILES string of the molecule is CCN=C(NC1CC1)NC1CCN(c2ccc(Br)cc2)C1. The minimum Gasteiger partial charge on any atom is -0.369 e. The van der Waals surface area contributed by atoms with E-state index >= 15 is 0 Å². The molecule has 1 saturated heterocycles. The van der Waals surface area contributed by atoms with Gasteiger partial charge in [0, 0.05) is 41.9 Å². The lowest BCUT2D eigenvalue weighted by Crippen LogP contribution is -2.45. The minimum absolute atomic E-state index is 0.477. The van der Waals surface area contributed by atoms with Gasteiger partial charge in [0.1, 0.15) is 0 Å². The Morgan fingerprint density at radius 1 is 1.19 bits per heavy atom. The zero-order chi connectivity index (χ0) is 14.7. The number of hydrogen-bond acceptors (Lipinski definition) is 2. The normalized spacial score (nSPS) is 22.5. The highest BCUT2D eigenvalue weighted by Crippen LogP contribution is 2.23. The molecule has 0 bridgehead atoms. The highest BCUT2D eigenvalue weighted by molar-refractivity contribution is 9.10. The highest BCUT2D eigenvalue weighted by atomic mass is 79.9. The first-order chi connectivity index (χ1) is 10.2. The van der Waals surface area contributed by atoms with Crippen LogP contribution in [0.1, 0.15) is 26.2 Å². The van der Waals surface area contributed by atoms with Crippen LogP contribution in [-0.4, -0.2) is 37.7 Å². The Balaban J connectivity index is 1.55. The van der Waals surface area contributed by atoms with Crippen LogP contribution in [0.5, 0.6) is 0 Å². The van der Waals surface area contributed by atoms with Crippen LogP contribution >= 0.6 is 15.9 Å². The molecular weight excluding hydrogens is 328 g/mol. The van der Waals surface area contributed by atoms with E-state index in [0.29, 0.717) is 12.1 Å². The summed E-state index contributed by atoms with van der Waals surface area (Å²) in [6.45, 7) is 5.04. The average molecular weight is 351 g/mol. The molecular formula is C16H23BrN4. The van der Waals surface area contributed by atoms with Crippen LogP contribution in [0.4, 0.5) is 5.69 Å². The van der Waals surface area contributed by atoms with Gasteiger partial charge in [0.05, 0.1) is 0 Å². The summed E-state index contributed by atoms with van der Waals surface area (Å²) in [4.78, 5) is 6.98. The Morgan fingerprint density at radius 3 is 2.57 bits per heavy atom. The van der Waals surface area contributed by atoms with Crippen molar-refractivity contribution in [2.75, 3.05) is 24.5 Å². The molecule has 2 N–H and O–H groups in total. The molecule has 0 spiro atoms. The van der Waals surface area contributed by atoms with Crippen LogP contribution in [0.2, 0.25) is 0 Å². The molecule has 1 aromatic carbocycles. The summed E-state index contributed by atoms with van der Waals surface area (Å²) in [5, 5.41) is 7.08. The zero-order valence-corrected chi connectivity index (χ0v) is 14.1. The summed E-state index contributed by atoms with van der Waals surface area (Å²) in [6.07, 6.45) is 3.71. The number of anilines is 1. The van der Waals surface area contributed by atoms with Crippen molar-refractivity contribution in [3.05, 3.63) is 28.7 Å². The van der Waals surface area contributed by atoms with E-state index in [4.69, 9.17) is 0 Å². The topological polar surface area (TPSA) is 39.7 Å². The van der Waals surface area contributed by atoms with Gasteiger partial charge in [0.2, 0.25) is 0 Å². The van der Waals surface area contributed by atoms with Crippen molar-refractivity contribution in [3.63, 3.8) is 0 Å². The van der Waals surface area contributed by atoms with Crippen molar-refractivity contribution in [1.82, 2.24) is 10.6 Å². The van der Waals surface area contributed by atoms with Crippen LogP contribution in [0.25, 0.3) is 0 Å². The van der Waals surface area contributed by atoms with Gasteiger partial charge in [-0.2, -0.15) is 0 Å². The predicted octanol–water partition coefficient (Wildman–Crippen LogP) is 2.75. The van der Waals surface area contributed by atoms with Crippen LogP contribution in [-0.2, 0) is 0 Å². The average Bonchev–Trinajstić information content (AvgIpc) is 3.16. The molecule has 1 heterocycles. The van der Waals surface area contributed by atoms with E-state index in [0.717, 1.165) is 36.5 Å². The first-order valence-electron chi connectivity index (χ1n) is 7.82. The smallest absolute Gasteiger partial charge is 0.191 e. The van der Waals surface area contributed by atoms with E-state index in [1.165, 1.54) is 18.5 Å². The molecule has 0 amide bonds. The van der Waals surface area contributed by atoms with E-state index in [1.54, 1.807) is 0 Å².